The number of likely N-dealkylation sites (tertiary alicyclic amines) is 1. The Hall–Kier alpha value is -1.93. The first-order valence-corrected chi connectivity index (χ1v) is 10.9. The fourth-order valence-corrected chi connectivity index (χ4v) is 4.41. The lowest BCUT2D eigenvalue weighted by molar-refractivity contribution is -0.131. The Morgan fingerprint density at radius 3 is 2.62 bits per heavy atom. The standard InChI is InChI=1S/C21H35N5O3/c1-4-25-11-7-20(22-25)21(28)23(3)12-13-26(18-8-14-29-15-9-18)19-6-5-10-24(16-19)17(2)27/h7,11,18-19H,4-6,8-10,12-16H2,1-3H3. The molecule has 8 nitrogen and oxygen atoms in total. The monoisotopic (exact) mass is 405 g/mol. The van der Waals surface area contributed by atoms with Crippen LogP contribution in [0.4, 0.5) is 0 Å². The van der Waals surface area contributed by atoms with Crippen LogP contribution in [-0.2, 0) is 16.1 Å². The smallest absolute Gasteiger partial charge is 0.274 e. The average molecular weight is 406 g/mol. The van der Waals surface area contributed by atoms with Gasteiger partial charge in [-0.15, -0.1) is 0 Å². The van der Waals surface area contributed by atoms with E-state index in [4.69, 9.17) is 4.74 Å². The van der Waals surface area contributed by atoms with Crippen molar-refractivity contribution >= 4 is 11.8 Å². The van der Waals surface area contributed by atoms with Crippen molar-refractivity contribution in [2.45, 2.75) is 58.2 Å². The third kappa shape index (κ3) is 5.57. The van der Waals surface area contributed by atoms with Crippen LogP contribution in [0, 0.1) is 0 Å². The maximum Gasteiger partial charge on any atom is 0.274 e. The van der Waals surface area contributed by atoms with Crippen molar-refractivity contribution in [2.24, 2.45) is 0 Å². The molecule has 0 saturated carbocycles. The summed E-state index contributed by atoms with van der Waals surface area (Å²) in [6.45, 7) is 9.07. The minimum atomic E-state index is -0.0434. The van der Waals surface area contributed by atoms with Crippen LogP contribution in [0.5, 0.6) is 0 Å². The quantitative estimate of drug-likeness (QED) is 0.687. The number of ether oxygens (including phenoxy) is 1. The summed E-state index contributed by atoms with van der Waals surface area (Å²) in [6.07, 6.45) is 5.99. The van der Waals surface area contributed by atoms with E-state index in [9.17, 15) is 9.59 Å². The molecular weight excluding hydrogens is 370 g/mol. The number of carbonyl (C=O) groups is 2. The van der Waals surface area contributed by atoms with Gasteiger partial charge in [-0.3, -0.25) is 19.2 Å². The second-order valence-electron chi connectivity index (χ2n) is 8.13. The van der Waals surface area contributed by atoms with Gasteiger partial charge in [-0.25, -0.2) is 0 Å². The zero-order chi connectivity index (χ0) is 20.8. The van der Waals surface area contributed by atoms with Gasteiger partial charge in [0, 0.05) is 78.2 Å². The van der Waals surface area contributed by atoms with Gasteiger partial charge in [0.05, 0.1) is 0 Å². The number of likely N-dealkylation sites (N-methyl/N-ethyl adjacent to an activating group) is 1. The van der Waals surface area contributed by atoms with E-state index >= 15 is 0 Å². The van der Waals surface area contributed by atoms with Gasteiger partial charge in [0.2, 0.25) is 5.91 Å². The lowest BCUT2D eigenvalue weighted by atomic mass is 9.98. The van der Waals surface area contributed by atoms with Crippen molar-refractivity contribution in [3.8, 4) is 0 Å². The van der Waals surface area contributed by atoms with Gasteiger partial charge >= 0.3 is 0 Å². The second kappa shape index (κ2) is 10.2. The van der Waals surface area contributed by atoms with Crippen molar-refractivity contribution in [3.63, 3.8) is 0 Å². The van der Waals surface area contributed by atoms with Gasteiger partial charge in [0.1, 0.15) is 5.69 Å². The Morgan fingerprint density at radius 1 is 1.21 bits per heavy atom. The minimum absolute atomic E-state index is 0.0434. The average Bonchev–Trinajstić information content (AvgIpc) is 3.23. The second-order valence-corrected chi connectivity index (χ2v) is 8.13. The number of aryl methyl sites for hydroxylation is 1. The van der Waals surface area contributed by atoms with Crippen LogP contribution in [0.15, 0.2) is 12.3 Å². The van der Waals surface area contributed by atoms with Gasteiger partial charge in [-0.05, 0) is 38.7 Å². The molecule has 0 N–H and O–H groups in total. The fourth-order valence-electron chi connectivity index (χ4n) is 4.41. The molecule has 1 unspecified atom stereocenters. The molecule has 2 fully saturated rings. The third-order valence-electron chi connectivity index (χ3n) is 6.19. The minimum Gasteiger partial charge on any atom is -0.381 e. The molecule has 0 aromatic carbocycles. The summed E-state index contributed by atoms with van der Waals surface area (Å²) in [5.74, 6) is 0.110. The molecule has 2 amide bonds. The number of carbonyl (C=O) groups excluding carboxylic acids is 2. The van der Waals surface area contributed by atoms with E-state index in [1.165, 1.54) is 0 Å². The first-order chi connectivity index (χ1) is 14.0. The Labute approximate surface area is 173 Å². The number of rotatable bonds is 7. The molecule has 1 aromatic heterocycles. The molecule has 2 aliphatic rings. The zero-order valence-electron chi connectivity index (χ0n) is 18.0. The first kappa shape index (κ1) is 21.8. The van der Waals surface area contributed by atoms with E-state index in [2.05, 4.69) is 10.00 Å². The van der Waals surface area contributed by atoms with Crippen molar-refractivity contribution in [2.75, 3.05) is 46.4 Å². The normalized spacial score (nSPS) is 20.8. The number of hydrogen-bond donors (Lipinski definition) is 0. The molecule has 8 heteroatoms. The number of aromatic nitrogens is 2. The van der Waals surface area contributed by atoms with E-state index in [1.54, 1.807) is 22.6 Å². The van der Waals surface area contributed by atoms with Crippen molar-refractivity contribution in [1.29, 1.82) is 0 Å². The molecule has 2 saturated heterocycles. The number of piperidine rings is 1. The van der Waals surface area contributed by atoms with Crippen LogP contribution < -0.4 is 0 Å². The summed E-state index contributed by atoms with van der Waals surface area (Å²) < 4.78 is 7.34. The Kier molecular flexibility index (Phi) is 7.66. The number of amides is 2. The molecular formula is C21H35N5O3. The molecule has 29 heavy (non-hydrogen) atoms. The summed E-state index contributed by atoms with van der Waals surface area (Å²) in [4.78, 5) is 30.9. The summed E-state index contributed by atoms with van der Waals surface area (Å²) in [5, 5.41) is 4.34. The predicted octanol–water partition coefficient (Wildman–Crippen LogP) is 1.47. The summed E-state index contributed by atoms with van der Waals surface area (Å²) in [5.41, 5.74) is 0.493. The molecule has 1 atom stereocenters. The van der Waals surface area contributed by atoms with Crippen LogP contribution in [0.2, 0.25) is 0 Å². The van der Waals surface area contributed by atoms with Crippen LogP contribution >= 0.6 is 0 Å². The van der Waals surface area contributed by atoms with Gasteiger partial charge in [-0.2, -0.15) is 5.10 Å². The Morgan fingerprint density at radius 2 is 1.97 bits per heavy atom. The molecule has 0 bridgehead atoms. The number of hydrogen-bond acceptors (Lipinski definition) is 5. The maximum absolute atomic E-state index is 12.7. The zero-order valence-corrected chi connectivity index (χ0v) is 18.0. The topological polar surface area (TPSA) is 70.9 Å². The number of nitrogens with zero attached hydrogens (tertiary/aromatic N) is 5. The predicted molar refractivity (Wildman–Crippen MR) is 111 cm³/mol. The van der Waals surface area contributed by atoms with Crippen LogP contribution in [0.25, 0.3) is 0 Å². The summed E-state index contributed by atoms with van der Waals surface area (Å²) in [6, 6.07) is 2.58. The van der Waals surface area contributed by atoms with E-state index in [0.29, 0.717) is 24.3 Å². The highest BCUT2D eigenvalue weighted by Gasteiger charge is 2.32. The summed E-state index contributed by atoms with van der Waals surface area (Å²) >= 11 is 0. The van der Waals surface area contributed by atoms with Gasteiger partial charge in [-0.1, -0.05) is 0 Å². The van der Waals surface area contributed by atoms with E-state index < -0.39 is 0 Å². The molecule has 0 spiro atoms. The largest absolute Gasteiger partial charge is 0.381 e. The van der Waals surface area contributed by atoms with Crippen molar-refractivity contribution in [1.82, 2.24) is 24.5 Å². The molecule has 0 aliphatic carbocycles. The first-order valence-electron chi connectivity index (χ1n) is 10.9. The van der Waals surface area contributed by atoms with E-state index in [0.717, 1.165) is 65.1 Å². The lowest BCUT2D eigenvalue weighted by Crippen LogP contribution is -2.55. The highest BCUT2D eigenvalue weighted by molar-refractivity contribution is 5.92. The van der Waals surface area contributed by atoms with Crippen LogP contribution in [0.1, 0.15) is 50.0 Å². The summed E-state index contributed by atoms with van der Waals surface area (Å²) in [7, 11) is 1.85. The van der Waals surface area contributed by atoms with E-state index in [-0.39, 0.29) is 11.8 Å². The third-order valence-corrected chi connectivity index (χ3v) is 6.19. The lowest BCUT2D eigenvalue weighted by Gasteiger charge is -2.44. The molecule has 3 heterocycles. The molecule has 0 radical (unpaired) electrons. The van der Waals surface area contributed by atoms with Crippen LogP contribution in [-0.4, -0.2) is 94.8 Å². The SMILES string of the molecule is CCn1ccc(C(=O)N(C)CCN(C2CCOCC2)C2CCCN(C(C)=O)C2)n1. The molecule has 1 aromatic rings. The van der Waals surface area contributed by atoms with E-state index in [1.807, 2.05) is 25.1 Å². The highest BCUT2D eigenvalue weighted by atomic mass is 16.5. The highest BCUT2D eigenvalue weighted by Crippen LogP contribution is 2.23. The van der Waals surface area contributed by atoms with Gasteiger partial charge < -0.3 is 14.5 Å². The van der Waals surface area contributed by atoms with Gasteiger partial charge in [0.25, 0.3) is 5.91 Å². The van der Waals surface area contributed by atoms with Crippen LogP contribution in [0.3, 0.4) is 0 Å². The Balaban J connectivity index is 1.64. The fraction of sp³-hybridized carbons (Fsp3) is 0.762. The Bertz CT molecular complexity index is 686. The van der Waals surface area contributed by atoms with Crippen molar-refractivity contribution < 1.29 is 14.3 Å². The molecule has 2 aliphatic heterocycles. The maximum atomic E-state index is 12.7. The molecule has 162 valence electrons. The van der Waals surface area contributed by atoms with Gasteiger partial charge in [0.15, 0.2) is 0 Å². The molecule has 3 rings (SSSR count). The van der Waals surface area contributed by atoms with Crippen molar-refractivity contribution in [3.05, 3.63) is 18.0 Å².